The quantitative estimate of drug-likeness (QED) is 0.838. The number of ether oxygens (including phenoxy) is 2. The van der Waals surface area contributed by atoms with E-state index in [1.807, 2.05) is 19.9 Å². The van der Waals surface area contributed by atoms with Crippen molar-refractivity contribution in [3.05, 3.63) is 11.8 Å². The summed E-state index contributed by atoms with van der Waals surface area (Å²) in [5.74, 6) is 1.96. The lowest BCUT2D eigenvalue weighted by molar-refractivity contribution is 0.185. The fourth-order valence-corrected chi connectivity index (χ4v) is 2.04. The predicted molar refractivity (Wildman–Crippen MR) is 70.0 cm³/mol. The highest BCUT2D eigenvalue weighted by Gasteiger charge is 2.15. The fraction of sp³-hybridized carbons (Fsp3) is 0.692. The van der Waals surface area contributed by atoms with Crippen molar-refractivity contribution >= 4 is 5.95 Å². The van der Waals surface area contributed by atoms with Crippen molar-refractivity contribution in [3.8, 4) is 5.88 Å². The van der Waals surface area contributed by atoms with Gasteiger partial charge in [-0.15, -0.1) is 0 Å². The van der Waals surface area contributed by atoms with Crippen LogP contribution in [0, 0.1) is 12.8 Å². The van der Waals surface area contributed by atoms with E-state index in [0.29, 0.717) is 24.4 Å². The van der Waals surface area contributed by atoms with Gasteiger partial charge in [0.05, 0.1) is 6.61 Å². The molecule has 0 amide bonds. The zero-order chi connectivity index (χ0) is 12.8. The Balaban J connectivity index is 1.83. The first-order valence-electron chi connectivity index (χ1n) is 6.58. The molecule has 1 aromatic rings. The summed E-state index contributed by atoms with van der Waals surface area (Å²) in [5, 5.41) is 3.25. The van der Waals surface area contributed by atoms with Gasteiger partial charge in [-0.05, 0) is 32.6 Å². The van der Waals surface area contributed by atoms with Crippen molar-refractivity contribution in [3.63, 3.8) is 0 Å². The Morgan fingerprint density at radius 1 is 1.50 bits per heavy atom. The molecule has 0 spiro atoms. The zero-order valence-electron chi connectivity index (χ0n) is 11.1. The summed E-state index contributed by atoms with van der Waals surface area (Å²) in [6.07, 6.45) is 2.27. The molecule has 1 aromatic heterocycles. The van der Waals surface area contributed by atoms with Gasteiger partial charge in [-0.2, -0.15) is 4.98 Å². The van der Waals surface area contributed by atoms with Crippen LogP contribution < -0.4 is 10.1 Å². The minimum atomic E-state index is 0.620. The van der Waals surface area contributed by atoms with Crippen LogP contribution in [0.2, 0.25) is 0 Å². The molecular weight excluding hydrogens is 230 g/mol. The van der Waals surface area contributed by atoms with Gasteiger partial charge < -0.3 is 14.8 Å². The normalized spacial score (nSPS) is 18.9. The Kier molecular flexibility index (Phi) is 4.75. The van der Waals surface area contributed by atoms with Crippen LogP contribution in [0.1, 0.15) is 25.5 Å². The highest BCUT2D eigenvalue weighted by molar-refractivity contribution is 5.30. The summed E-state index contributed by atoms with van der Waals surface area (Å²) in [6.45, 7) is 7.18. The molecule has 0 aromatic carbocycles. The van der Waals surface area contributed by atoms with Gasteiger partial charge in [-0.1, -0.05) is 0 Å². The van der Waals surface area contributed by atoms with Gasteiger partial charge in [0.15, 0.2) is 0 Å². The Morgan fingerprint density at radius 2 is 2.39 bits per heavy atom. The highest BCUT2D eigenvalue weighted by atomic mass is 16.5. The number of aromatic nitrogens is 2. The van der Waals surface area contributed by atoms with Crippen LogP contribution in [0.5, 0.6) is 5.88 Å². The average Bonchev–Trinajstić information content (AvgIpc) is 2.82. The molecule has 1 aliphatic rings. The molecule has 1 unspecified atom stereocenters. The summed E-state index contributed by atoms with van der Waals surface area (Å²) in [5.41, 5.74) is 0.917. The summed E-state index contributed by atoms with van der Waals surface area (Å²) in [7, 11) is 0. The predicted octanol–water partition coefficient (Wildman–Crippen LogP) is 2.02. The van der Waals surface area contributed by atoms with Crippen LogP contribution >= 0.6 is 0 Å². The third kappa shape index (κ3) is 3.84. The highest BCUT2D eigenvalue weighted by Crippen LogP contribution is 2.17. The maximum absolute atomic E-state index is 5.40. The second kappa shape index (κ2) is 6.54. The molecule has 2 rings (SSSR count). The van der Waals surface area contributed by atoms with E-state index in [2.05, 4.69) is 15.3 Å². The molecule has 1 saturated heterocycles. The van der Waals surface area contributed by atoms with Gasteiger partial charge in [0.25, 0.3) is 0 Å². The Bertz CT molecular complexity index is 378. The van der Waals surface area contributed by atoms with Gasteiger partial charge in [-0.3, -0.25) is 0 Å². The monoisotopic (exact) mass is 251 g/mol. The van der Waals surface area contributed by atoms with Gasteiger partial charge in [0, 0.05) is 31.5 Å². The molecule has 1 atom stereocenters. The van der Waals surface area contributed by atoms with Crippen LogP contribution in [0.15, 0.2) is 6.07 Å². The van der Waals surface area contributed by atoms with E-state index in [9.17, 15) is 0 Å². The summed E-state index contributed by atoms with van der Waals surface area (Å²) >= 11 is 0. The second-order valence-corrected chi connectivity index (χ2v) is 4.55. The number of hydrogen-bond donors (Lipinski definition) is 1. The average molecular weight is 251 g/mol. The number of anilines is 1. The number of hydrogen-bond acceptors (Lipinski definition) is 5. The lowest BCUT2D eigenvalue weighted by atomic mass is 10.1. The van der Waals surface area contributed by atoms with Crippen molar-refractivity contribution in [1.82, 2.24) is 9.97 Å². The number of aryl methyl sites for hydroxylation is 1. The fourth-order valence-electron chi connectivity index (χ4n) is 2.04. The van der Waals surface area contributed by atoms with Gasteiger partial charge in [-0.25, -0.2) is 4.98 Å². The van der Waals surface area contributed by atoms with Crippen molar-refractivity contribution in [2.75, 3.05) is 31.7 Å². The molecule has 1 aliphatic heterocycles. The summed E-state index contributed by atoms with van der Waals surface area (Å²) < 4.78 is 10.7. The molecule has 5 nitrogen and oxygen atoms in total. The van der Waals surface area contributed by atoms with E-state index in [-0.39, 0.29) is 0 Å². The molecule has 100 valence electrons. The van der Waals surface area contributed by atoms with Crippen molar-refractivity contribution < 1.29 is 9.47 Å². The minimum Gasteiger partial charge on any atom is -0.478 e. The summed E-state index contributed by atoms with van der Waals surface area (Å²) in [6, 6.07) is 1.85. The van der Waals surface area contributed by atoms with E-state index < -0.39 is 0 Å². The topological polar surface area (TPSA) is 56.3 Å². The summed E-state index contributed by atoms with van der Waals surface area (Å²) in [4.78, 5) is 8.66. The molecule has 1 fully saturated rings. The lowest BCUT2D eigenvalue weighted by Gasteiger charge is -2.10. The van der Waals surface area contributed by atoms with E-state index in [1.54, 1.807) is 0 Å². The van der Waals surface area contributed by atoms with Crippen molar-refractivity contribution in [1.29, 1.82) is 0 Å². The van der Waals surface area contributed by atoms with Crippen LogP contribution in [0.3, 0.4) is 0 Å². The molecule has 0 radical (unpaired) electrons. The first kappa shape index (κ1) is 13.1. The molecular formula is C13H21N3O2. The van der Waals surface area contributed by atoms with Crippen LogP contribution in [-0.4, -0.2) is 36.3 Å². The van der Waals surface area contributed by atoms with Gasteiger partial charge >= 0.3 is 0 Å². The van der Waals surface area contributed by atoms with Crippen molar-refractivity contribution in [2.24, 2.45) is 5.92 Å². The van der Waals surface area contributed by atoms with Gasteiger partial charge in [0.1, 0.15) is 0 Å². The smallest absolute Gasteiger partial charge is 0.226 e. The lowest BCUT2D eigenvalue weighted by Crippen LogP contribution is -2.11. The first-order chi connectivity index (χ1) is 8.78. The standard InChI is InChI=1S/C13H21N3O2/c1-3-18-12-8-10(2)15-13(16-12)14-6-4-11-5-7-17-9-11/h8,11H,3-7,9H2,1-2H3,(H,14,15,16). The number of rotatable bonds is 6. The van der Waals surface area contributed by atoms with E-state index in [1.165, 1.54) is 6.42 Å². The SMILES string of the molecule is CCOc1cc(C)nc(NCCC2CCOC2)n1. The molecule has 5 heteroatoms. The third-order valence-corrected chi connectivity index (χ3v) is 2.98. The van der Waals surface area contributed by atoms with E-state index >= 15 is 0 Å². The first-order valence-corrected chi connectivity index (χ1v) is 6.58. The Hall–Kier alpha value is -1.36. The molecule has 0 bridgehead atoms. The van der Waals surface area contributed by atoms with Gasteiger partial charge in [0.2, 0.25) is 11.8 Å². The van der Waals surface area contributed by atoms with E-state index in [0.717, 1.165) is 31.9 Å². The van der Waals surface area contributed by atoms with E-state index in [4.69, 9.17) is 9.47 Å². The van der Waals surface area contributed by atoms with Crippen LogP contribution in [0.25, 0.3) is 0 Å². The van der Waals surface area contributed by atoms with Crippen LogP contribution in [0.4, 0.5) is 5.95 Å². The van der Waals surface area contributed by atoms with Crippen molar-refractivity contribution in [2.45, 2.75) is 26.7 Å². The second-order valence-electron chi connectivity index (χ2n) is 4.55. The Morgan fingerprint density at radius 3 is 3.11 bits per heavy atom. The third-order valence-electron chi connectivity index (χ3n) is 2.98. The molecule has 0 aliphatic carbocycles. The largest absolute Gasteiger partial charge is 0.478 e. The molecule has 2 heterocycles. The molecule has 0 saturated carbocycles. The maximum atomic E-state index is 5.40. The number of nitrogens with zero attached hydrogens (tertiary/aromatic N) is 2. The minimum absolute atomic E-state index is 0.620. The number of nitrogens with one attached hydrogen (secondary N) is 1. The maximum Gasteiger partial charge on any atom is 0.226 e. The zero-order valence-corrected chi connectivity index (χ0v) is 11.1. The molecule has 18 heavy (non-hydrogen) atoms. The molecule has 1 N–H and O–H groups in total. The van der Waals surface area contributed by atoms with Crippen LogP contribution in [-0.2, 0) is 4.74 Å². The Labute approximate surface area is 108 Å².